The van der Waals surface area contributed by atoms with Crippen LogP contribution in [-0.4, -0.2) is 25.4 Å². The summed E-state index contributed by atoms with van der Waals surface area (Å²) in [6.45, 7) is 0. The second-order valence-electron chi connectivity index (χ2n) is 7.11. The topological polar surface area (TPSA) is 101 Å². The predicted octanol–water partition coefficient (Wildman–Crippen LogP) is 4.72. The molecule has 0 aliphatic carbocycles. The average Bonchev–Trinajstić information content (AvgIpc) is 2.77. The monoisotopic (exact) mass is 487 g/mol. The van der Waals surface area contributed by atoms with Crippen molar-refractivity contribution in [2.24, 2.45) is 0 Å². The first-order valence-electron chi connectivity index (χ1n) is 9.48. The second-order valence-corrected chi connectivity index (χ2v) is 10.2. The van der Waals surface area contributed by atoms with Crippen LogP contribution >= 0.6 is 11.8 Å². The lowest BCUT2D eigenvalue weighted by molar-refractivity contribution is -0.112. The van der Waals surface area contributed by atoms with Crippen LogP contribution < -0.4 is 5.32 Å². The van der Waals surface area contributed by atoms with Crippen LogP contribution in [0.15, 0.2) is 75.4 Å². The van der Waals surface area contributed by atoms with Gasteiger partial charge in [-0.05, 0) is 54.1 Å². The first-order valence-corrected chi connectivity index (χ1v) is 11.9. The Kier molecular flexibility index (Phi) is 6.05. The normalized spacial score (nSPS) is 14.6. The molecule has 3 aromatic rings. The maximum Gasteiger partial charge on any atom is 0.335 e. The lowest BCUT2D eigenvalue weighted by Crippen LogP contribution is -2.18. The van der Waals surface area contributed by atoms with E-state index in [1.54, 1.807) is 18.2 Å². The Morgan fingerprint density at radius 3 is 2.33 bits per heavy atom. The summed E-state index contributed by atoms with van der Waals surface area (Å²) in [4.78, 5) is 24.2. The zero-order valence-electron chi connectivity index (χ0n) is 16.7. The van der Waals surface area contributed by atoms with Gasteiger partial charge in [0.2, 0.25) is 0 Å². The molecule has 1 amide bonds. The SMILES string of the molecule is O=C1Nc2cc(S(=O)(=O)Cc3c(F)cccc3F)ccc2S/C1=C/c1ccc(C(=O)O)cc1. The first-order chi connectivity index (χ1) is 15.6. The summed E-state index contributed by atoms with van der Waals surface area (Å²) in [5.74, 6) is -4.29. The van der Waals surface area contributed by atoms with E-state index in [2.05, 4.69) is 5.32 Å². The molecule has 0 bridgehead atoms. The number of thioether (sulfide) groups is 1. The number of amides is 1. The zero-order chi connectivity index (χ0) is 23.8. The van der Waals surface area contributed by atoms with Crippen molar-refractivity contribution in [2.45, 2.75) is 15.5 Å². The van der Waals surface area contributed by atoms with Gasteiger partial charge in [-0.3, -0.25) is 4.79 Å². The molecule has 0 saturated heterocycles. The molecule has 33 heavy (non-hydrogen) atoms. The molecular weight excluding hydrogens is 472 g/mol. The van der Waals surface area contributed by atoms with E-state index >= 15 is 0 Å². The number of benzene rings is 3. The van der Waals surface area contributed by atoms with E-state index in [0.717, 1.165) is 30.0 Å². The van der Waals surface area contributed by atoms with E-state index in [1.807, 2.05) is 0 Å². The van der Waals surface area contributed by atoms with Crippen molar-refractivity contribution in [3.63, 3.8) is 0 Å². The first kappa shape index (κ1) is 22.7. The van der Waals surface area contributed by atoms with Gasteiger partial charge in [-0.25, -0.2) is 22.0 Å². The molecule has 0 saturated carbocycles. The maximum absolute atomic E-state index is 13.9. The molecule has 0 atom stereocenters. The fourth-order valence-corrected chi connectivity index (χ4v) is 5.48. The van der Waals surface area contributed by atoms with E-state index in [-0.39, 0.29) is 16.1 Å². The highest BCUT2D eigenvalue weighted by Crippen LogP contribution is 2.40. The Balaban J connectivity index is 1.59. The van der Waals surface area contributed by atoms with Crippen LogP contribution in [0.3, 0.4) is 0 Å². The zero-order valence-corrected chi connectivity index (χ0v) is 18.3. The molecule has 168 valence electrons. The number of halogens is 2. The van der Waals surface area contributed by atoms with Crippen molar-refractivity contribution in [3.8, 4) is 0 Å². The molecule has 1 aliphatic heterocycles. The van der Waals surface area contributed by atoms with Gasteiger partial charge in [-0.1, -0.05) is 30.0 Å². The number of aromatic carboxylic acids is 1. The summed E-state index contributed by atoms with van der Waals surface area (Å²) in [6, 6.07) is 13.2. The third-order valence-electron chi connectivity index (χ3n) is 4.85. The number of hydrogen-bond donors (Lipinski definition) is 2. The van der Waals surface area contributed by atoms with Gasteiger partial charge in [-0.15, -0.1) is 0 Å². The van der Waals surface area contributed by atoms with Crippen molar-refractivity contribution in [1.29, 1.82) is 0 Å². The molecule has 0 spiro atoms. The van der Waals surface area contributed by atoms with Crippen molar-refractivity contribution in [1.82, 2.24) is 0 Å². The molecular formula is C23H15F2NO5S2. The number of carbonyl (C=O) groups is 2. The summed E-state index contributed by atoms with van der Waals surface area (Å²) in [5.41, 5.74) is 0.450. The average molecular weight is 488 g/mol. The van der Waals surface area contributed by atoms with Gasteiger partial charge in [0.25, 0.3) is 5.91 Å². The maximum atomic E-state index is 13.9. The lowest BCUT2D eigenvalue weighted by atomic mass is 10.1. The third-order valence-corrected chi connectivity index (χ3v) is 7.59. The van der Waals surface area contributed by atoms with Gasteiger partial charge in [-0.2, -0.15) is 0 Å². The fourth-order valence-electron chi connectivity index (χ4n) is 3.15. The van der Waals surface area contributed by atoms with Gasteiger partial charge in [0.1, 0.15) is 11.6 Å². The number of rotatable bonds is 5. The molecule has 1 heterocycles. The van der Waals surface area contributed by atoms with E-state index in [9.17, 15) is 26.8 Å². The number of anilines is 1. The van der Waals surface area contributed by atoms with E-state index in [4.69, 9.17) is 5.11 Å². The van der Waals surface area contributed by atoms with Gasteiger partial charge >= 0.3 is 5.97 Å². The summed E-state index contributed by atoms with van der Waals surface area (Å²) in [5, 5.41) is 11.6. The predicted molar refractivity (Wildman–Crippen MR) is 120 cm³/mol. The summed E-state index contributed by atoms with van der Waals surface area (Å²) in [6.07, 6.45) is 1.58. The van der Waals surface area contributed by atoms with Gasteiger partial charge in [0.05, 0.1) is 26.8 Å². The minimum absolute atomic E-state index is 0.118. The van der Waals surface area contributed by atoms with Crippen LogP contribution in [0.25, 0.3) is 6.08 Å². The molecule has 0 unspecified atom stereocenters. The quantitative estimate of drug-likeness (QED) is 0.505. The van der Waals surface area contributed by atoms with Crippen LogP contribution in [0, 0.1) is 11.6 Å². The number of fused-ring (bicyclic) bond motifs is 1. The fraction of sp³-hybridized carbons (Fsp3) is 0.0435. The molecule has 0 fully saturated rings. The molecule has 0 radical (unpaired) electrons. The van der Waals surface area contributed by atoms with E-state index in [0.29, 0.717) is 15.4 Å². The van der Waals surface area contributed by atoms with Crippen molar-refractivity contribution in [2.75, 3.05) is 5.32 Å². The highest BCUT2D eigenvalue weighted by atomic mass is 32.2. The summed E-state index contributed by atoms with van der Waals surface area (Å²) < 4.78 is 53.3. The minimum Gasteiger partial charge on any atom is -0.478 e. The van der Waals surface area contributed by atoms with Gasteiger partial charge in [0.15, 0.2) is 9.84 Å². The number of sulfone groups is 1. The number of hydrogen-bond acceptors (Lipinski definition) is 5. The van der Waals surface area contributed by atoms with E-state index in [1.165, 1.54) is 30.3 Å². The number of carboxylic acid groups (broad SMARTS) is 1. The summed E-state index contributed by atoms with van der Waals surface area (Å²) in [7, 11) is -4.09. The minimum atomic E-state index is -4.09. The van der Waals surface area contributed by atoms with Crippen LogP contribution in [0.5, 0.6) is 0 Å². The standard InChI is InChI=1S/C23H15F2NO5S2/c24-17-2-1-3-18(25)16(17)12-33(30,31)15-8-9-20-19(11-15)26-22(27)21(32-20)10-13-4-6-14(7-5-13)23(28)29/h1-11H,12H2,(H,26,27)(H,28,29)/b21-10+. The Morgan fingerprint density at radius 2 is 1.70 bits per heavy atom. The Hall–Kier alpha value is -3.50. The number of carbonyl (C=O) groups excluding carboxylic acids is 1. The van der Waals surface area contributed by atoms with Crippen LogP contribution in [0.4, 0.5) is 14.5 Å². The number of carboxylic acids is 1. The van der Waals surface area contributed by atoms with Crippen molar-refractivity contribution >= 4 is 45.2 Å². The smallest absolute Gasteiger partial charge is 0.335 e. The van der Waals surface area contributed by atoms with Crippen LogP contribution in [0.2, 0.25) is 0 Å². The Bertz CT molecular complexity index is 1400. The molecule has 1 aliphatic rings. The molecule has 6 nitrogen and oxygen atoms in total. The Morgan fingerprint density at radius 1 is 1.03 bits per heavy atom. The largest absolute Gasteiger partial charge is 0.478 e. The molecule has 2 N–H and O–H groups in total. The van der Waals surface area contributed by atoms with E-state index < -0.39 is 44.7 Å². The highest BCUT2D eigenvalue weighted by Gasteiger charge is 2.25. The third kappa shape index (κ3) is 4.81. The van der Waals surface area contributed by atoms with Crippen molar-refractivity contribution < 1.29 is 31.9 Å². The summed E-state index contributed by atoms with van der Waals surface area (Å²) >= 11 is 1.12. The molecule has 10 heteroatoms. The Labute approximate surface area is 191 Å². The highest BCUT2D eigenvalue weighted by molar-refractivity contribution is 8.04. The molecule has 4 rings (SSSR count). The van der Waals surface area contributed by atoms with Crippen molar-refractivity contribution in [3.05, 3.63) is 93.9 Å². The molecule has 3 aromatic carbocycles. The second kappa shape index (κ2) is 8.80. The van der Waals surface area contributed by atoms with Crippen LogP contribution in [0.1, 0.15) is 21.5 Å². The number of nitrogens with one attached hydrogen (secondary N) is 1. The van der Waals surface area contributed by atoms with Gasteiger partial charge < -0.3 is 10.4 Å². The van der Waals surface area contributed by atoms with Crippen LogP contribution in [-0.2, 0) is 20.4 Å². The van der Waals surface area contributed by atoms with Gasteiger partial charge in [0, 0.05) is 10.5 Å². The lowest BCUT2D eigenvalue weighted by Gasteiger charge is -2.19. The molecule has 0 aromatic heterocycles.